The van der Waals surface area contributed by atoms with Gasteiger partial charge in [-0.05, 0) is 74.7 Å². The number of hydrogen-bond acceptors (Lipinski definition) is 5. The SMILES string of the molecule is CCN(CC)C(=O)C1=C(C)N=c2s/c(=C/c3ccc(OC)cc3C)c(=O)n2[C@H]1c1ccc(Cl)cc1. The number of hydrogen-bond donors (Lipinski definition) is 0. The first-order valence-corrected chi connectivity index (χ1v) is 12.7. The molecule has 1 amide bonds. The summed E-state index contributed by atoms with van der Waals surface area (Å²) in [5.41, 5.74) is 3.69. The van der Waals surface area contributed by atoms with E-state index in [9.17, 15) is 9.59 Å². The second-order valence-electron chi connectivity index (χ2n) is 8.33. The number of methoxy groups -OCH3 is 1. The van der Waals surface area contributed by atoms with Crippen molar-refractivity contribution in [3.05, 3.63) is 95.1 Å². The maximum atomic E-state index is 13.8. The lowest BCUT2D eigenvalue weighted by Crippen LogP contribution is -2.43. The number of fused-ring (bicyclic) bond motifs is 1. The van der Waals surface area contributed by atoms with Gasteiger partial charge in [-0.25, -0.2) is 4.99 Å². The molecule has 0 saturated carbocycles. The number of carbonyl (C=O) groups excluding carboxylic acids is 1. The molecule has 1 aliphatic rings. The van der Waals surface area contributed by atoms with Crippen LogP contribution in [0.4, 0.5) is 0 Å². The molecule has 0 aliphatic carbocycles. The smallest absolute Gasteiger partial charge is 0.271 e. The Labute approximate surface area is 213 Å². The Kier molecular flexibility index (Phi) is 7.28. The number of allylic oxidation sites excluding steroid dienone is 1. The molecule has 0 fully saturated rings. The molecule has 1 aromatic heterocycles. The summed E-state index contributed by atoms with van der Waals surface area (Å²) in [6.45, 7) is 8.85. The van der Waals surface area contributed by atoms with Crippen molar-refractivity contribution in [2.75, 3.05) is 20.2 Å². The molecule has 2 aromatic carbocycles. The minimum absolute atomic E-state index is 0.114. The fourth-order valence-corrected chi connectivity index (χ4v) is 5.48. The van der Waals surface area contributed by atoms with Gasteiger partial charge in [0.2, 0.25) is 0 Å². The van der Waals surface area contributed by atoms with E-state index < -0.39 is 6.04 Å². The van der Waals surface area contributed by atoms with E-state index in [2.05, 4.69) is 0 Å². The topological polar surface area (TPSA) is 63.9 Å². The summed E-state index contributed by atoms with van der Waals surface area (Å²) in [5, 5.41) is 0.591. The Morgan fingerprint density at radius 3 is 2.46 bits per heavy atom. The van der Waals surface area contributed by atoms with Crippen LogP contribution >= 0.6 is 22.9 Å². The van der Waals surface area contributed by atoms with E-state index in [0.29, 0.717) is 38.7 Å². The van der Waals surface area contributed by atoms with E-state index in [0.717, 1.165) is 22.4 Å². The van der Waals surface area contributed by atoms with Crippen LogP contribution in [0, 0.1) is 6.92 Å². The van der Waals surface area contributed by atoms with Gasteiger partial charge in [0, 0.05) is 18.1 Å². The first-order chi connectivity index (χ1) is 16.8. The molecule has 1 atom stereocenters. The molecule has 182 valence electrons. The van der Waals surface area contributed by atoms with Crippen LogP contribution in [0.15, 0.2) is 63.5 Å². The van der Waals surface area contributed by atoms with E-state index in [4.69, 9.17) is 21.3 Å². The van der Waals surface area contributed by atoms with Gasteiger partial charge >= 0.3 is 0 Å². The number of rotatable bonds is 6. The molecule has 35 heavy (non-hydrogen) atoms. The number of benzene rings is 2. The lowest BCUT2D eigenvalue weighted by Gasteiger charge is -2.29. The first-order valence-electron chi connectivity index (χ1n) is 11.5. The molecule has 4 rings (SSSR count). The summed E-state index contributed by atoms with van der Waals surface area (Å²) in [6, 6.07) is 12.4. The zero-order valence-corrected chi connectivity index (χ0v) is 22.0. The highest BCUT2D eigenvalue weighted by Gasteiger charge is 2.34. The number of nitrogens with zero attached hydrogens (tertiary/aromatic N) is 3. The number of ether oxygens (including phenoxy) is 1. The standard InChI is InChI=1S/C27H28ClN3O3S/c1-6-30(7-2)26(33)23-17(4)29-27-31(24(23)18-8-11-20(28)12-9-18)25(32)22(35-27)15-19-10-13-21(34-5)14-16(19)3/h8-15,24H,6-7H2,1-5H3/b22-15+/t24-/m0/s1. The average Bonchev–Trinajstić information content (AvgIpc) is 3.15. The van der Waals surface area contributed by atoms with Gasteiger partial charge in [0.15, 0.2) is 4.80 Å². The summed E-state index contributed by atoms with van der Waals surface area (Å²) in [4.78, 5) is 34.4. The number of likely N-dealkylation sites (N-methyl/N-ethyl adjacent to an activating group) is 1. The average molecular weight is 510 g/mol. The number of amides is 1. The zero-order valence-electron chi connectivity index (χ0n) is 20.5. The third kappa shape index (κ3) is 4.70. The van der Waals surface area contributed by atoms with Gasteiger partial charge in [-0.15, -0.1) is 0 Å². The third-order valence-electron chi connectivity index (χ3n) is 6.25. The fourth-order valence-electron chi connectivity index (χ4n) is 4.32. The molecule has 8 heteroatoms. The predicted octanol–water partition coefficient (Wildman–Crippen LogP) is 4.07. The van der Waals surface area contributed by atoms with Crippen molar-refractivity contribution >= 4 is 34.9 Å². The molecule has 0 N–H and O–H groups in total. The van der Waals surface area contributed by atoms with Gasteiger partial charge in [-0.1, -0.05) is 41.1 Å². The van der Waals surface area contributed by atoms with Gasteiger partial charge in [-0.2, -0.15) is 0 Å². The molecule has 1 aliphatic heterocycles. The van der Waals surface area contributed by atoms with Gasteiger partial charge in [0.05, 0.1) is 29.0 Å². The Balaban J connectivity index is 1.95. The lowest BCUT2D eigenvalue weighted by atomic mass is 9.94. The predicted molar refractivity (Wildman–Crippen MR) is 141 cm³/mol. The van der Waals surface area contributed by atoms with E-state index in [1.807, 2.05) is 64.1 Å². The van der Waals surface area contributed by atoms with Gasteiger partial charge in [0.25, 0.3) is 11.5 Å². The highest BCUT2D eigenvalue weighted by molar-refractivity contribution is 7.07. The molecule has 2 heterocycles. The van der Waals surface area contributed by atoms with Crippen molar-refractivity contribution in [2.24, 2.45) is 4.99 Å². The summed E-state index contributed by atoms with van der Waals surface area (Å²) in [6.07, 6.45) is 1.88. The van der Waals surface area contributed by atoms with E-state index in [-0.39, 0.29) is 11.5 Å². The van der Waals surface area contributed by atoms with Crippen molar-refractivity contribution in [3.63, 3.8) is 0 Å². The Morgan fingerprint density at radius 2 is 1.86 bits per heavy atom. The number of halogens is 1. The van der Waals surface area contributed by atoms with Crippen LogP contribution in [0.2, 0.25) is 5.02 Å². The Hall–Kier alpha value is -3.16. The minimum atomic E-state index is -0.587. The van der Waals surface area contributed by atoms with Gasteiger partial charge in [-0.3, -0.25) is 14.2 Å². The molecule has 6 nitrogen and oxygen atoms in total. The largest absolute Gasteiger partial charge is 0.497 e. The van der Waals surface area contributed by atoms with Crippen LogP contribution in [-0.4, -0.2) is 35.6 Å². The van der Waals surface area contributed by atoms with Crippen molar-refractivity contribution < 1.29 is 9.53 Å². The van der Waals surface area contributed by atoms with Crippen LogP contribution in [0.25, 0.3) is 6.08 Å². The van der Waals surface area contributed by atoms with Crippen LogP contribution in [-0.2, 0) is 4.79 Å². The highest BCUT2D eigenvalue weighted by atomic mass is 35.5. The normalized spacial score (nSPS) is 15.6. The second-order valence-corrected chi connectivity index (χ2v) is 9.78. The number of thiazole rings is 1. The molecule has 0 unspecified atom stereocenters. The highest BCUT2D eigenvalue weighted by Crippen LogP contribution is 2.31. The summed E-state index contributed by atoms with van der Waals surface area (Å²) >= 11 is 7.48. The molecular formula is C27H28ClN3O3S. The number of carbonyl (C=O) groups is 1. The molecule has 0 bridgehead atoms. The maximum absolute atomic E-state index is 13.8. The van der Waals surface area contributed by atoms with E-state index >= 15 is 0 Å². The molecule has 3 aromatic rings. The maximum Gasteiger partial charge on any atom is 0.271 e. The Bertz CT molecular complexity index is 1480. The van der Waals surface area contributed by atoms with Gasteiger partial charge in [0.1, 0.15) is 5.75 Å². The Morgan fingerprint density at radius 1 is 1.17 bits per heavy atom. The molecule has 0 spiro atoms. The number of aryl methyl sites for hydroxylation is 1. The van der Waals surface area contributed by atoms with Crippen LogP contribution in [0.1, 0.15) is 43.5 Å². The monoisotopic (exact) mass is 509 g/mol. The summed E-state index contributed by atoms with van der Waals surface area (Å²) in [5.74, 6) is 0.649. The van der Waals surface area contributed by atoms with Crippen molar-refractivity contribution in [1.82, 2.24) is 9.47 Å². The van der Waals surface area contributed by atoms with Crippen molar-refractivity contribution in [2.45, 2.75) is 33.7 Å². The van der Waals surface area contributed by atoms with Crippen LogP contribution in [0.5, 0.6) is 5.75 Å². The fraction of sp³-hybridized carbons (Fsp3) is 0.296. The second kappa shape index (κ2) is 10.2. The van der Waals surface area contributed by atoms with Crippen LogP contribution in [0.3, 0.4) is 0 Å². The first kappa shape index (κ1) is 24.9. The number of aromatic nitrogens is 1. The zero-order chi connectivity index (χ0) is 25.3. The molecule has 0 radical (unpaired) electrons. The van der Waals surface area contributed by atoms with Crippen molar-refractivity contribution in [3.8, 4) is 5.75 Å². The lowest BCUT2D eigenvalue weighted by molar-refractivity contribution is -0.127. The van der Waals surface area contributed by atoms with Crippen molar-refractivity contribution in [1.29, 1.82) is 0 Å². The molecule has 0 saturated heterocycles. The minimum Gasteiger partial charge on any atom is -0.497 e. The quantitative estimate of drug-likeness (QED) is 0.503. The third-order valence-corrected chi connectivity index (χ3v) is 7.49. The van der Waals surface area contributed by atoms with E-state index in [1.165, 1.54) is 11.3 Å². The molecular weight excluding hydrogens is 482 g/mol. The summed E-state index contributed by atoms with van der Waals surface area (Å²) in [7, 11) is 1.63. The van der Waals surface area contributed by atoms with Gasteiger partial charge < -0.3 is 9.64 Å². The van der Waals surface area contributed by atoms with Crippen LogP contribution < -0.4 is 19.6 Å². The summed E-state index contributed by atoms with van der Waals surface area (Å²) < 4.78 is 7.50. The van der Waals surface area contributed by atoms with E-state index in [1.54, 1.807) is 28.7 Å².